The molecule has 1 heterocycles. The van der Waals surface area contributed by atoms with Gasteiger partial charge in [-0.15, -0.1) is 0 Å². The molecule has 1 atom stereocenters. The number of nitrogens with two attached hydrogens (primary N) is 1. The molecule has 6 heteroatoms. The molecule has 1 aliphatic rings. The summed E-state index contributed by atoms with van der Waals surface area (Å²) in [7, 11) is -3.28. The summed E-state index contributed by atoms with van der Waals surface area (Å²) >= 11 is 0. The van der Waals surface area contributed by atoms with Crippen molar-refractivity contribution in [1.29, 1.82) is 0 Å². The van der Waals surface area contributed by atoms with E-state index in [4.69, 9.17) is 5.73 Å². The lowest BCUT2D eigenvalue weighted by atomic mass is 9.85. The molecule has 2 N–H and O–H groups in total. The Kier molecular flexibility index (Phi) is 5.74. The van der Waals surface area contributed by atoms with Crippen LogP contribution in [0.25, 0.3) is 0 Å². The first-order valence-electron chi connectivity index (χ1n) is 8.78. The Morgan fingerprint density at radius 2 is 1.73 bits per heavy atom. The maximum atomic E-state index is 12.1. The van der Waals surface area contributed by atoms with Crippen LogP contribution in [0.4, 0.5) is 0 Å². The Bertz CT molecular complexity index is 866. The van der Waals surface area contributed by atoms with Gasteiger partial charge in [-0.05, 0) is 16.7 Å². The van der Waals surface area contributed by atoms with Crippen LogP contribution in [0.5, 0.6) is 0 Å². The number of hydrogen-bond acceptors (Lipinski definition) is 4. The van der Waals surface area contributed by atoms with Crippen molar-refractivity contribution in [2.24, 2.45) is 5.73 Å². The van der Waals surface area contributed by atoms with Gasteiger partial charge >= 0.3 is 0 Å². The molecule has 26 heavy (non-hydrogen) atoms. The zero-order chi connectivity index (χ0) is 18.6. The average Bonchev–Trinajstić information content (AvgIpc) is 2.65. The monoisotopic (exact) mass is 372 g/mol. The fourth-order valence-electron chi connectivity index (χ4n) is 3.45. The first-order valence-corrected chi connectivity index (χ1v) is 10.6. The molecular weight excluding hydrogens is 348 g/mol. The minimum absolute atomic E-state index is 0.0456. The van der Waals surface area contributed by atoms with Gasteiger partial charge in [-0.3, -0.25) is 9.69 Å². The summed E-state index contributed by atoms with van der Waals surface area (Å²) in [5.41, 5.74) is 8.85. The summed E-state index contributed by atoms with van der Waals surface area (Å²) in [6, 6.07) is 18.7. The highest BCUT2D eigenvalue weighted by Gasteiger charge is 2.27. The molecule has 5 nitrogen and oxygen atoms in total. The van der Waals surface area contributed by atoms with Gasteiger partial charge in [-0.2, -0.15) is 0 Å². The molecule has 0 saturated carbocycles. The van der Waals surface area contributed by atoms with Gasteiger partial charge in [-0.1, -0.05) is 54.6 Å². The molecule has 0 fully saturated rings. The number of rotatable bonds is 7. The van der Waals surface area contributed by atoms with Crippen LogP contribution in [-0.2, 0) is 21.2 Å². The molecule has 0 spiro atoms. The van der Waals surface area contributed by atoms with Gasteiger partial charge in [0.2, 0.25) is 5.91 Å². The van der Waals surface area contributed by atoms with Crippen LogP contribution in [-0.4, -0.2) is 43.8 Å². The van der Waals surface area contributed by atoms with Crippen molar-refractivity contribution < 1.29 is 13.2 Å². The van der Waals surface area contributed by atoms with E-state index >= 15 is 0 Å². The van der Waals surface area contributed by atoms with E-state index in [0.29, 0.717) is 6.54 Å². The van der Waals surface area contributed by atoms with Crippen molar-refractivity contribution in [2.75, 3.05) is 24.6 Å². The number of primary amides is 1. The largest absolute Gasteiger partial charge is 0.370 e. The van der Waals surface area contributed by atoms with Crippen molar-refractivity contribution in [3.63, 3.8) is 0 Å². The van der Waals surface area contributed by atoms with E-state index in [1.165, 1.54) is 16.7 Å². The minimum atomic E-state index is -3.28. The van der Waals surface area contributed by atoms with Gasteiger partial charge in [0.1, 0.15) is 0 Å². The van der Waals surface area contributed by atoms with Crippen LogP contribution >= 0.6 is 0 Å². The van der Waals surface area contributed by atoms with Crippen LogP contribution in [0.3, 0.4) is 0 Å². The Hall–Kier alpha value is -2.18. The van der Waals surface area contributed by atoms with E-state index in [2.05, 4.69) is 35.2 Å². The fraction of sp³-hybridized carbons (Fsp3) is 0.350. The van der Waals surface area contributed by atoms with Crippen LogP contribution in [0.1, 0.15) is 29.0 Å². The number of nitrogens with zero attached hydrogens (tertiary/aromatic N) is 1. The number of fused-ring (bicyclic) bond motifs is 1. The van der Waals surface area contributed by atoms with Gasteiger partial charge in [0.15, 0.2) is 9.84 Å². The molecule has 0 saturated heterocycles. The maximum Gasteiger partial charge on any atom is 0.218 e. The highest BCUT2D eigenvalue weighted by atomic mass is 32.2. The van der Waals surface area contributed by atoms with Crippen LogP contribution in [0.2, 0.25) is 0 Å². The van der Waals surface area contributed by atoms with Gasteiger partial charge in [0.25, 0.3) is 0 Å². The molecule has 0 aliphatic carbocycles. The molecule has 1 aliphatic heterocycles. The molecule has 0 unspecified atom stereocenters. The van der Waals surface area contributed by atoms with E-state index in [-0.39, 0.29) is 23.8 Å². The summed E-state index contributed by atoms with van der Waals surface area (Å²) in [6.45, 7) is 1.98. The van der Waals surface area contributed by atoms with E-state index in [1.807, 2.05) is 24.3 Å². The highest BCUT2D eigenvalue weighted by Crippen LogP contribution is 2.33. The standard InChI is InChI=1S/C20H24N2O3S/c21-20(23)10-12-26(24,25)13-11-22-14-17-8-4-5-9-18(17)19(15-22)16-6-2-1-3-7-16/h1-9,19H,10-15H2,(H2,21,23)/t19-/m0/s1. The lowest BCUT2D eigenvalue weighted by Crippen LogP contribution is -2.37. The molecule has 0 radical (unpaired) electrons. The summed E-state index contributed by atoms with van der Waals surface area (Å²) in [4.78, 5) is 13.0. The molecule has 3 rings (SSSR count). The van der Waals surface area contributed by atoms with Crippen molar-refractivity contribution >= 4 is 15.7 Å². The van der Waals surface area contributed by atoms with Gasteiger partial charge in [-0.25, -0.2) is 8.42 Å². The highest BCUT2D eigenvalue weighted by molar-refractivity contribution is 7.91. The third-order valence-corrected chi connectivity index (χ3v) is 6.48. The predicted molar refractivity (Wildman–Crippen MR) is 102 cm³/mol. The quantitative estimate of drug-likeness (QED) is 0.805. The molecule has 1 amide bonds. The molecular formula is C20H24N2O3S. The van der Waals surface area contributed by atoms with E-state index in [1.54, 1.807) is 0 Å². The van der Waals surface area contributed by atoms with E-state index in [9.17, 15) is 13.2 Å². The second kappa shape index (κ2) is 8.01. The number of amides is 1. The Morgan fingerprint density at radius 1 is 1.04 bits per heavy atom. The predicted octanol–water partition coefficient (Wildman–Crippen LogP) is 1.92. The van der Waals surface area contributed by atoms with Gasteiger partial charge < -0.3 is 5.73 Å². The molecule has 2 aromatic rings. The molecule has 0 aromatic heterocycles. The lowest BCUT2D eigenvalue weighted by molar-refractivity contribution is -0.117. The Morgan fingerprint density at radius 3 is 2.46 bits per heavy atom. The zero-order valence-corrected chi connectivity index (χ0v) is 15.5. The Labute approximate surface area is 154 Å². The topological polar surface area (TPSA) is 80.5 Å². The number of hydrogen-bond donors (Lipinski definition) is 1. The molecule has 2 aromatic carbocycles. The van der Waals surface area contributed by atoms with E-state index in [0.717, 1.165) is 13.1 Å². The second-order valence-corrected chi connectivity index (χ2v) is 9.07. The van der Waals surface area contributed by atoms with Crippen molar-refractivity contribution in [2.45, 2.75) is 18.9 Å². The minimum Gasteiger partial charge on any atom is -0.370 e. The SMILES string of the molecule is NC(=O)CCS(=O)(=O)CCN1Cc2ccccc2[C@H](c2ccccc2)C1. The number of carbonyl (C=O) groups excluding carboxylic acids is 1. The summed E-state index contributed by atoms with van der Waals surface area (Å²) in [5, 5.41) is 0. The van der Waals surface area contributed by atoms with Crippen LogP contribution in [0, 0.1) is 0 Å². The van der Waals surface area contributed by atoms with Gasteiger partial charge in [0.05, 0.1) is 11.5 Å². The van der Waals surface area contributed by atoms with Crippen molar-refractivity contribution in [3.8, 4) is 0 Å². The van der Waals surface area contributed by atoms with Crippen LogP contribution in [0.15, 0.2) is 54.6 Å². The molecule has 138 valence electrons. The van der Waals surface area contributed by atoms with Crippen molar-refractivity contribution in [1.82, 2.24) is 4.90 Å². The summed E-state index contributed by atoms with van der Waals surface area (Å²) in [5.74, 6) is -0.474. The Balaban J connectivity index is 1.74. The average molecular weight is 372 g/mol. The third kappa shape index (κ3) is 4.71. The van der Waals surface area contributed by atoms with Gasteiger partial charge in [0, 0.05) is 32.0 Å². The fourth-order valence-corrected chi connectivity index (χ4v) is 4.70. The number of carbonyl (C=O) groups is 1. The summed E-state index contributed by atoms with van der Waals surface area (Å²) < 4.78 is 24.3. The third-order valence-electron chi connectivity index (χ3n) is 4.85. The van der Waals surface area contributed by atoms with E-state index < -0.39 is 15.7 Å². The summed E-state index contributed by atoms with van der Waals surface area (Å²) in [6.07, 6.45) is -0.113. The smallest absolute Gasteiger partial charge is 0.218 e. The van der Waals surface area contributed by atoms with Crippen molar-refractivity contribution in [3.05, 3.63) is 71.3 Å². The normalized spacial score (nSPS) is 17.6. The zero-order valence-electron chi connectivity index (χ0n) is 14.7. The maximum absolute atomic E-state index is 12.1. The second-order valence-electron chi connectivity index (χ2n) is 6.77. The number of sulfone groups is 1. The first kappa shape index (κ1) is 18.6. The van der Waals surface area contributed by atoms with Crippen LogP contribution < -0.4 is 5.73 Å². The first-order chi connectivity index (χ1) is 12.4. The lowest BCUT2D eigenvalue weighted by Gasteiger charge is -2.35. The number of benzene rings is 2. The molecule has 0 bridgehead atoms.